The molecular formula is C13H11ClN2O4S. The second kappa shape index (κ2) is 6.55. The molecule has 0 saturated heterocycles. The van der Waals surface area contributed by atoms with Gasteiger partial charge >= 0.3 is 5.97 Å². The van der Waals surface area contributed by atoms with Crippen LogP contribution < -0.4 is 5.32 Å². The van der Waals surface area contributed by atoms with E-state index in [4.69, 9.17) is 16.7 Å². The summed E-state index contributed by atoms with van der Waals surface area (Å²) >= 11 is 7.10. The second-order valence-electron chi connectivity index (χ2n) is 4.21. The first-order chi connectivity index (χ1) is 9.95. The Morgan fingerprint density at radius 1 is 1.33 bits per heavy atom. The largest absolute Gasteiger partial charge is 0.481 e. The highest BCUT2D eigenvalue weighted by molar-refractivity contribution is 7.12. The number of nitrogens with one attached hydrogen (secondary N) is 1. The van der Waals surface area contributed by atoms with E-state index in [0.717, 1.165) is 9.75 Å². The first-order valence-electron chi connectivity index (χ1n) is 5.93. The van der Waals surface area contributed by atoms with Crippen LogP contribution in [0.2, 0.25) is 5.02 Å². The number of carboxylic acid groups (broad SMARTS) is 1. The van der Waals surface area contributed by atoms with E-state index in [1.165, 1.54) is 17.4 Å². The van der Waals surface area contributed by atoms with Gasteiger partial charge in [-0.05, 0) is 24.3 Å². The molecular weight excluding hydrogens is 316 g/mol. The molecule has 2 N–H and O–H groups in total. The SMILES string of the molecule is O=C(O)Cc1ccc(CNc2ccc(Cl)cc2[N+](=O)[O-])s1. The van der Waals surface area contributed by atoms with Gasteiger partial charge in [-0.2, -0.15) is 0 Å². The van der Waals surface area contributed by atoms with Crippen LogP contribution in [0.3, 0.4) is 0 Å². The zero-order chi connectivity index (χ0) is 15.4. The fraction of sp³-hybridized carbons (Fsp3) is 0.154. The average Bonchev–Trinajstić information content (AvgIpc) is 2.83. The molecule has 21 heavy (non-hydrogen) atoms. The van der Waals surface area contributed by atoms with Crippen LogP contribution in [0, 0.1) is 10.1 Å². The number of aliphatic carboxylic acids is 1. The fourth-order valence-corrected chi connectivity index (χ4v) is 2.86. The van der Waals surface area contributed by atoms with Crippen molar-refractivity contribution in [2.45, 2.75) is 13.0 Å². The number of nitrogens with zero attached hydrogens (tertiary/aromatic N) is 1. The summed E-state index contributed by atoms with van der Waals surface area (Å²) in [4.78, 5) is 22.7. The summed E-state index contributed by atoms with van der Waals surface area (Å²) in [6, 6.07) is 7.95. The van der Waals surface area contributed by atoms with Crippen LogP contribution >= 0.6 is 22.9 Å². The highest BCUT2D eigenvalue weighted by Crippen LogP contribution is 2.28. The standard InChI is InChI=1S/C13H11ClN2O4S/c14-8-1-4-11(12(5-8)16(19)20)15-7-10-3-2-9(21-10)6-13(17)18/h1-5,15H,6-7H2,(H,17,18). The number of halogens is 1. The van der Waals surface area contributed by atoms with Gasteiger partial charge in [0.15, 0.2) is 0 Å². The number of carboxylic acids is 1. The predicted octanol–water partition coefficient (Wildman–Crippen LogP) is 3.55. The molecule has 110 valence electrons. The lowest BCUT2D eigenvalue weighted by Crippen LogP contribution is -2.01. The Labute approximate surface area is 129 Å². The maximum absolute atomic E-state index is 11.0. The molecule has 0 unspecified atom stereocenters. The molecule has 0 saturated carbocycles. The van der Waals surface area contributed by atoms with Crippen molar-refractivity contribution in [3.63, 3.8) is 0 Å². The first kappa shape index (κ1) is 15.3. The maximum Gasteiger partial charge on any atom is 0.308 e. The molecule has 2 rings (SSSR count). The summed E-state index contributed by atoms with van der Waals surface area (Å²) in [6.45, 7) is 0.382. The highest BCUT2D eigenvalue weighted by Gasteiger charge is 2.14. The van der Waals surface area contributed by atoms with Crippen LogP contribution in [0.4, 0.5) is 11.4 Å². The van der Waals surface area contributed by atoms with Crippen LogP contribution in [0.15, 0.2) is 30.3 Å². The monoisotopic (exact) mass is 326 g/mol. The van der Waals surface area contributed by atoms with Crippen LogP contribution in [0.5, 0.6) is 0 Å². The zero-order valence-electron chi connectivity index (χ0n) is 10.7. The minimum absolute atomic E-state index is 0.0221. The van der Waals surface area contributed by atoms with E-state index in [0.29, 0.717) is 17.3 Å². The second-order valence-corrected chi connectivity index (χ2v) is 5.90. The number of thiophene rings is 1. The van der Waals surface area contributed by atoms with Gasteiger partial charge < -0.3 is 10.4 Å². The molecule has 0 bridgehead atoms. The minimum Gasteiger partial charge on any atom is -0.481 e. The number of carbonyl (C=O) groups is 1. The van der Waals surface area contributed by atoms with E-state index in [9.17, 15) is 14.9 Å². The molecule has 1 aromatic carbocycles. The van der Waals surface area contributed by atoms with Gasteiger partial charge in [0.1, 0.15) is 5.69 Å². The summed E-state index contributed by atoms with van der Waals surface area (Å²) in [6.07, 6.45) is -0.0221. The molecule has 0 aliphatic carbocycles. The first-order valence-corrected chi connectivity index (χ1v) is 7.12. The molecule has 0 spiro atoms. The van der Waals surface area contributed by atoms with Crippen molar-refractivity contribution in [3.05, 3.63) is 55.2 Å². The summed E-state index contributed by atoms with van der Waals surface area (Å²) in [7, 11) is 0. The van der Waals surface area contributed by atoms with Gasteiger partial charge in [0.25, 0.3) is 5.69 Å². The third-order valence-corrected chi connectivity index (χ3v) is 3.97. The number of nitro groups is 1. The molecule has 6 nitrogen and oxygen atoms in total. The van der Waals surface area contributed by atoms with Gasteiger partial charge in [-0.1, -0.05) is 11.6 Å². The van der Waals surface area contributed by atoms with Crippen molar-refractivity contribution in [3.8, 4) is 0 Å². The van der Waals surface area contributed by atoms with Crippen LogP contribution in [-0.4, -0.2) is 16.0 Å². The number of hydrogen-bond acceptors (Lipinski definition) is 5. The van der Waals surface area contributed by atoms with E-state index in [-0.39, 0.29) is 12.1 Å². The highest BCUT2D eigenvalue weighted by atomic mass is 35.5. The minimum atomic E-state index is -0.885. The molecule has 1 aromatic heterocycles. The molecule has 0 aliphatic heterocycles. The molecule has 0 atom stereocenters. The fourth-order valence-electron chi connectivity index (χ4n) is 1.75. The van der Waals surface area contributed by atoms with Gasteiger partial charge in [0, 0.05) is 27.4 Å². The third kappa shape index (κ3) is 4.17. The Morgan fingerprint density at radius 3 is 2.71 bits per heavy atom. The molecule has 8 heteroatoms. The summed E-state index contributed by atoms with van der Waals surface area (Å²) in [5.41, 5.74) is 0.280. The van der Waals surface area contributed by atoms with Gasteiger partial charge in [0.2, 0.25) is 0 Å². The smallest absolute Gasteiger partial charge is 0.308 e. The van der Waals surface area contributed by atoms with Crippen LogP contribution in [-0.2, 0) is 17.8 Å². The lowest BCUT2D eigenvalue weighted by atomic mass is 10.2. The third-order valence-electron chi connectivity index (χ3n) is 2.65. The average molecular weight is 327 g/mol. The van der Waals surface area contributed by atoms with E-state index in [1.807, 2.05) is 0 Å². The molecule has 0 radical (unpaired) electrons. The van der Waals surface area contributed by atoms with Crippen molar-refractivity contribution >= 4 is 40.3 Å². The number of anilines is 1. The van der Waals surface area contributed by atoms with Crippen LogP contribution in [0.25, 0.3) is 0 Å². The number of nitro benzene ring substituents is 1. The Balaban J connectivity index is 2.08. The van der Waals surface area contributed by atoms with Crippen molar-refractivity contribution in [2.24, 2.45) is 0 Å². The molecule has 0 fully saturated rings. The lowest BCUT2D eigenvalue weighted by Gasteiger charge is -2.06. The molecule has 0 amide bonds. The van der Waals surface area contributed by atoms with E-state index < -0.39 is 10.9 Å². The Hall–Kier alpha value is -2.12. The van der Waals surface area contributed by atoms with Gasteiger partial charge in [0.05, 0.1) is 11.3 Å². The van der Waals surface area contributed by atoms with Crippen LogP contribution in [0.1, 0.15) is 9.75 Å². The van der Waals surface area contributed by atoms with Crippen molar-refractivity contribution < 1.29 is 14.8 Å². The predicted molar refractivity (Wildman–Crippen MR) is 81.1 cm³/mol. The molecule has 1 heterocycles. The van der Waals surface area contributed by atoms with Gasteiger partial charge in [-0.3, -0.25) is 14.9 Å². The summed E-state index contributed by atoms with van der Waals surface area (Å²) in [5, 5.41) is 22.9. The maximum atomic E-state index is 11.0. The quantitative estimate of drug-likeness (QED) is 0.625. The van der Waals surface area contributed by atoms with Crippen molar-refractivity contribution in [1.82, 2.24) is 0 Å². The topological polar surface area (TPSA) is 92.5 Å². The van der Waals surface area contributed by atoms with Crippen molar-refractivity contribution in [1.29, 1.82) is 0 Å². The Morgan fingerprint density at radius 2 is 2.05 bits per heavy atom. The molecule has 0 aliphatic rings. The van der Waals surface area contributed by atoms with Gasteiger partial charge in [-0.15, -0.1) is 11.3 Å². The summed E-state index contributed by atoms with van der Waals surface area (Å²) < 4.78 is 0. The number of hydrogen-bond donors (Lipinski definition) is 2. The van der Waals surface area contributed by atoms with E-state index in [2.05, 4.69) is 5.32 Å². The zero-order valence-corrected chi connectivity index (χ0v) is 12.3. The van der Waals surface area contributed by atoms with Crippen molar-refractivity contribution in [2.75, 3.05) is 5.32 Å². The number of benzene rings is 1. The Bertz CT molecular complexity index is 687. The normalized spacial score (nSPS) is 10.3. The number of rotatable bonds is 6. The van der Waals surface area contributed by atoms with E-state index in [1.54, 1.807) is 24.3 Å². The summed E-state index contributed by atoms with van der Waals surface area (Å²) in [5.74, 6) is -0.885. The van der Waals surface area contributed by atoms with Gasteiger partial charge in [-0.25, -0.2) is 0 Å². The molecule has 2 aromatic rings. The van der Waals surface area contributed by atoms with E-state index >= 15 is 0 Å². The Kier molecular flexibility index (Phi) is 4.77. The lowest BCUT2D eigenvalue weighted by molar-refractivity contribution is -0.383.